The van der Waals surface area contributed by atoms with Gasteiger partial charge in [0, 0.05) is 60.2 Å². The summed E-state index contributed by atoms with van der Waals surface area (Å²) in [6.45, 7) is 11.3. The van der Waals surface area contributed by atoms with E-state index in [1.165, 1.54) is 205 Å². The summed E-state index contributed by atoms with van der Waals surface area (Å²) in [4.78, 5) is 28.9. The minimum absolute atomic E-state index is 0.545. The minimum Gasteiger partial charge on any atom is -0.492 e. The lowest BCUT2D eigenvalue weighted by atomic mass is 10.0. The monoisotopic (exact) mass is 1420 g/mol. The number of nitrogens with zero attached hydrogens (tertiary/aromatic N) is 6. The topological polar surface area (TPSA) is 114 Å². The first kappa shape index (κ1) is 82.9. The first-order valence-corrected chi connectivity index (χ1v) is 41.6. The Morgan fingerprint density at radius 1 is 0.217 bits per heavy atom. The first-order valence-electron chi connectivity index (χ1n) is 41.6. The number of aromatic nitrogens is 6. The summed E-state index contributed by atoms with van der Waals surface area (Å²) in [7, 11) is 0. The van der Waals surface area contributed by atoms with Crippen molar-refractivity contribution in [1.29, 1.82) is 0 Å². The molecule has 10 nitrogen and oxygen atoms in total. The van der Waals surface area contributed by atoms with Crippen LogP contribution >= 0.6 is 0 Å². The van der Waals surface area contributed by atoms with Gasteiger partial charge in [0.25, 0.3) is 0 Å². The molecule has 0 amide bonds. The van der Waals surface area contributed by atoms with Crippen LogP contribution in [0, 0.1) is 35.5 Å². The molecular formula is C96H124N6O4. The Morgan fingerprint density at radius 3 is 0.613 bits per heavy atom. The average Bonchev–Trinajstić information content (AvgIpc) is 0.907. The lowest BCUT2D eigenvalue weighted by molar-refractivity contribution is 0.294. The number of unbranched alkanes of at least 4 members (excludes halogenated alkanes) is 36. The molecule has 0 unspecified atom stereocenters. The molecule has 2 aromatic carbocycles. The highest BCUT2D eigenvalue weighted by Crippen LogP contribution is 2.34. The molecule has 0 atom stereocenters. The third-order valence-corrected chi connectivity index (χ3v) is 19.6. The zero-order valence-electron chi connectivity index (χ0n) is 65.3. The molecule has 0 fully saturated rings. The summed E-state index contributed by atoms with van der Waals surface area (Å²) in [5.74, 6) is 24.4. The Labute approximate surface area is 639 Å². The molecule has 0 aliphatic rings. The van der Waals surface area contributed by atoms with Gasteiger partial charge >= 0.3 is 0 Å². The Morgan fingerprint density at radius 2 is 0.415 bits per heavy atom. The van der Waals surface area contributed by atoms with Crippen molar-refractivity contribution in [3.8, 4) is 104 Å². The van der Waals surface area contributed by atoms with Gasteiger partial charge < -0.3 is 18.9 Å². The van der Waals surface area contributed by atoms with Crippen LogP contribution in [0.3, 0.4) is 0 Å². The maximum Gasteiger partial charge on any atom is 0.136 e. The second-order valence-electron chi connectivity index (χ2n) is 28.7. The van der Waals surface area contributed by atoms with Gasteiger partial charge in [-0.2, -0.15) is 0 Å². The van der Waals surface area contributed by atoms with E-state index in [2.05, 4.69) is 87.5 Å². The van der Waals surface area contributed by atoms with Crippen molar-refractivity contribution in [2.75, 3.05) is 26.4 Å². The summed E-state index contributed by atoms with van der Waals surface area (Å²) in [5, 5.41) is 0. The number of hydrogen-bond donors (Lipinski definition) is 0. The minimum atomic E-state index is 0.545. The highest BCUT2D eigenvalue weighted by Gasteiger charge is 2.17. The lowest BCUT2D eigenvalue weighted by Gasteiger charge is -2.15. The molecule has 0 saturated carbocycles. The van der Waals surface area contributed by atoms with Crippen LogP contribution in [0.1, 0.15) is 318 Å². The van der Waals surface area contributed by atoms with Crippen LogP contribution in [0.25, 0.3) is 45.6 Å². The van der Waals surface area contributed by atoms with E-state index in [1.807, 2.05) is 97.1 Å². The van der Waals surface area contributed by atoms with Gasteiger partial charge in [-0.05, 0) is 98.5 Å². The number of ether oxygens (including phenoxy) is 4. The molecule has 0 radical (unpaired) electrons. The van der Waals surface area contributed by atoms with Crippen molar-refractivity contribution in [2.45, 2.75) is 285 Å². The lowest BCUT2D eigenvalue weighted by Crippen LogP contribution is -2.04. The highest BCUT2D eigenvalue weighted by molar-refractivity contribution is 5.69. The molecule has 6 heterocycles. The maximum absolute atomic E-state index is 6.96. The van der Waals surface area contributed by atoms with Gasteiger partial charge in [-0.15, -0.1) is 0 Å². The van der Waals surface area contributed by atoms with Gasteiger partial charge in [0.05, 0.1) is 94.2 Å². The van der Waals surface area contributed by atoms with Crippen molar-refractivity contribution < 1.29 is 18.9 Å². The average molecular weight is 1430 g/mol. The van der Waals surface area contributed by atoms with Crippen molar-refractivity contribution >= 4 is 0 Å². The zero-order valence-corrected chi connectivity index (χ0v) is 65.3. The largest absolute Gasteiger partial charge is 0.492 e. The van der Waals surface area contributed by atoms with E-state index >= 15 is 0 Å². The van der Waals surface area contributed by atoms with Crippen molar-refractivity contribution in [1.82, 2.24) is 29.9 Å². The molecule has 8 rings (SSSR count). The number of rotatable bonds is 52. The van der Waals surface area contributed by atoms with Gasteiger partial charge in [-0.3, -0.25) is 19.9 Å². The fourth-order valence-corrected chi connectivity index (χ4v) is 13.3. The van der Waals surface area contributed by atoms with Gasteiger partial charge in [-0.25, -0.2) is 9.97 Å². The quantitative estimate of drug-likeness (QED) is 0.0270. The summed E-state index contributed by atoms with van der Waals surface area (Å²) in [6, 6.07) is 39.8. The zero-order chi connectivity index (χ0) is 73.8. The molecule has 106 heavy (non-hydrogen) atoms. The van der Waals surface area contributed by atoms with Crippen LogP contribution in [0.5, 0.6) is 23.0 Å². The molecule has 0 aliphatic carbocycles. The number of pyridine rings is 6. The first-order chi connectivity index (χ1) is 52.5. The van der Waals surface area contributed by atoms with Gasteiger partial charge in [0.1, 0.15) is 23.0 Å². The van der Waals surface area contributed by atoms with E-state index in [0.717, 1.165) is 130 Å². The van der Waals surface area contributed by atoms with Crippen LogP contribution in [0.15, 0.2) is 146 Å². The Bertz CT molecular complexity index is 3530. The van der Waals surface area contributed by atoms with Gasteiger partial charge in [0.2, 0.25) is 0 Å². The Balaban J connectivity index is 1.20. The van der Waals surface area contributed by atoms with Gasteiger partial charge in [0.15, 0.2) is 0 Å². The maximum atomic E-state index is 6.96. The van der Waals surface area contributed by atoms with E-state index in [0.29, 0.717) is 49.4 Å². The van der Waals surface area contributed by atoms with E-state index in [9.17, 15) is 0 Å². The van der Waals surface area contributed by atoms with E-state index in [4.69, 9.17) is 48.9 Å². The standard InChI is InChI=1S/C96H124N6O4/c1-5-9-13-17-21-25-29-33-37-49-67-103-93-77-83(95(105-69-51-39-35-31-27-23-19-15-11-7-3)75-81(93)59-57-79-71-89(85-53-41-45-63-97-85)101-90(72-79)86-54-42-46-64-98-86)61-62-84-78-94(104-68-50-38-34-30-26-22-18-14-10-6-2)82(76-96(84)106-70-52-40-36-32-28-24-20-16-12-8-4)60-58-80-73-91(87-55-43-47-65-99-87)102-92(74-80)88-56-44-48-66-100-88/h41-48,53-56,63-66,71-78H,5-40,49-52,67-70H2,1-4H3. The fraction of sp³-hybridized carbons (Fsp3) is 0.500. The molecular weight excluding hydrogens is 1300 g/mol. The second-order valence-corrected chi connectivity index (χ2v) is 28.7. The van der Waals surface area contributed by atoms with Crippen LogP contribution < -0.4 is 18.9 Å². The fourth-order valence-electron chi connectivity index (χ4n) is 13.3. The Kier molecular flexibility index (Phi) is 40.8. The van der Waals surface area contributed by atoms with Crippen molar-refractivity contribution in [3.63, 3.8) is 0 Å². The third kappa shape index (κ3) is 32.1. The third-order valence-electron chi connectivity index (χ3n) is 19.6. The van der Waals surface area contributed by atoms with E-state index < -0.39 is 0 Å². The van der Waals surface area contributed by atoms with Crippen LogP contribution in [-0.2, 0) is 0 Å². The highest BCUT2D eigenvalue weighted by atomic mass is 16.5. The van der Waals surface area contributed by atoms with Crippen LogP contribution in [-0.4, -0.2) is 56.3 Å². The summed E-state index contributed by atoms with van der Waals surface area (Å²) in [6.07, 6.45) is 56.5. The molecule has 8 aromatic rings. The molecule has 0 saturated heterocycles. The molecule has 6 aromatic heterocycles. The van der Waals surface area contributed by atoms with E-state index in [-0.39, 0.29) is 0 Å². The van der Waals surface area contributed by atoms with Crippen LogP contribution in [0.4, 0.5) is 0 Å². The molecule has 0 spiro atoms. The summed E-state index contributed by atoms with van der Waals surface area (Å²) >= 11 is 0. The van der Waals surface area contributed by atoms with Crippen molar-refractivity contribution in [3.05, 3.63) is 179 Å². The number of benzene rings is 2. The molecule has 10 heteroatoms. The SMILES string of the molecule is CCCCCCCCCCCCOc1cc(C#Cc2cc(OCCCCCCCCCCCC)c(C#Cc3cc(-c4ccccn4)nc(-c4ccccn4)c3)cc2OCCCCCCCCCCCC)c(OCCCCCCCCCCCC)cc1C#Cc1cc(-c2ccccn2)nc(-c2ccccn2)c1. The smallest absolute Gasteiger partial charge is 0.136 e. The molecule has 0 N–H and O–H groups in total. The van der Waals surface area contributed by atoms with Gasteiger partial charge in [-0.1, -0.05) is 319 Å². The van der Waals surface area contributed by atoms with Crippen LogP contribution in [0.2, 0.25) is 0 Å². The predicted molar refractivity (Wildman–Crippen MR) is 442 cm³/mol. The molecule has 0 bridgehead atoms. The predicted octanol–water partition coefficient (Wildman–Crippen LogP) is 26.1. The molecule has 0 aliphatic heterocycles. The van der Waals surface area contributed by atoms with E-state index in [1.54, 1.807) is 24.8 Å². The Hall–Kier alpha value is -8.78. The molecule has 562 valence electrons. The summed E-state index contributed by atoms with van der Waals surface area (Å²) < 4.78 is 27.8. The van der Waals surface area contributed by atoms with Crippen molar-refractivity contribution in [2.24, 2.45) is 0 Å². The number of hydrogen-bond acceptors (Lipinski definition) is 10. The second kappa shape index (κ2) is 52.2. The normalized spacial score (nSPS) is 10.9. The summed E-state index contributed by atoms with van der Waals surface area (Å²) in [5.41, 5.74) is 10.4.